The molecular formula is C22H23N3O. The first kappa shape index (κ1) is 17.7. The molecule has 1 heterocycles. The summed E-state index contributed by atoms with van der Waals surface area (Å²) in [6.45, 7) is 3.09. The van der Waals surface area contributed by atoms with Crippen LogP contribution in [-0.4, -0.2) is 22.5 Å². The number of para-hydroxylation sites is 1. The number of anilines is 1. The van der Waals surface area contributed by atoms with Crippen molar-refractivity contribution in [2.75, 3.05) is 11.9 Å². The standard InChI is InChI=1S/C22H23N3O/c1-18-9-5-6-13-21(18)24-22(26)25(17-20-12-7-8-15-23-20)16-14-19-10-3-2-4-11-19/h2-13,15H,14,16-17H2,1H3,(H,24,26). The summed E-state index contributed by atoms with van der Waals surface area (Å²) in [5, 5.41) is 3.03. The van der Waals surface area contributed by atoms with Gasteiger partial charge in [0.25, 0.3) is 0 Å². The smallest absolute Gasteiger partial charge is 0.318 e. The average molecular weight is 345 g/mol. The Balaban J connectivity index is 1.73. The summed E-state index contributed by atoms with van der Waals surface area (Å²) in [5.41, 5.74) is 3.97. The minimum atomic E-state index is -0.110. The normalized spacial score (nSPS) is 10.3. The lowest BCUT2D eigenvalue weighted by atomic mass is 10.1. The van der Waals surface area contributed by atoms with E-state index < -0.39 is 0 Å². The van der Waals surface area contributed by atoms with Crippen molar-refractivity contribution in [2.24, 2.45) is 0 Å². The number of nitrogens with zero attached hydrogens (tertiary/aromatic N) is 2. The number of nitrogens with one attached hydrogen (secondary N) is 1. The molecule has 0 fully saturated rings. The largest absolute Gasteiger partial charge is 0.322 e. The predicted octanol–water partition coefficient (Wildman–Crippen LogP) is 4.67. The van der Waals surface area contributed by atoms with E-state index in [0.29, 0.717) is 13.1 Å². The third-order valence-electron chi connectivity index (χ3n) is 4.27. The highest BCUT2D eigenvalue weighted by molar-refractivity contribution is 5.90. The number of amides is 2. The molecule has 0 spiro atoms. The molecule has 1 N–H and O–H groups in total. The number of aromatic nitrogens is 1. The van der Waals surface area contributed by atoms with Gasteiger partial charge in [-0.2, -0.15) is 0 Å². The number of hydrogen-bond donors (Lipinski definition) is 1. The fourth-order valence-corrected chi connectivity index (χ4v) is 2.76. The maximum atomic E-state index is 12.9. The Morgan fingerprint density at radius 1 is 0.962 bits per heavy atom. The SMILES string of the molecule is Cc1ccccc1NC(=O)N(CCc1ccccc1)Cc1ccccn1. The lowest BCUT2D eigenvalue weighted by Crippen LogP contribution is -2.36. The zero-order valence-electron chi connectivity index (χ0n) is 14.9. The van der Waals surface area contributed by atoms with E-state index in [1.165, 1.54) is 5.56 Å². The van der Waals surface area contributed by atoms with Crippen LogP contribution in [0.1, 0.15) is 16.8 Å². The molecule has 26 heavy (non-hydrogen) atoms. The summed E-state index contributed by atoms with van der Waals surface area (Å²) < 4.78 is 0. The van der Waals surface area contributed by atoms with Crippen LogP contribution in [0.15, 0.2) is 79.0 Å². The molecule has 1 aromatic heterocycles. The Morgan fingerprint density at radius 3 is 2.42 bits per heavy atom. The van der Waals surface area contributed by atoms with Gasteiger partial charge in [-0.3, -0.25) is 4.98 Å². The van der Waals surface area contributed by atoms with Crippen molar-refractivity contribution >= 4 is 11.7 Å². The van der Waals surface area contributed by atoms with Crippen molar-refractivity contribution in [3.05, 3.63) is 95.8 Å². The fraction of sp³-hybridized carbons (Fsp3) is 0.182. The van der Waals surface area contributed by atoms with Crippen LogP contribution in [0.4, 0.5) is 10.5 Å². The molecule has 0 unspecified atom stereocenters. The molecule has 4 nitrogen and oxygen atoms in total. The highest BCUT2D eigenvalue weighted by Gasteiger charge is 2.15. The van der Waals surface area contributed by atoms with Gasteiger partial charge in [0.1, 0.15) is 0 Å². The monoisotopic (exact) mass is 345 g/mol. The van der Waals surface area contributed by atoms with E-state index in [2.05, 4.69) is 22.4 Å². The third-order valence-corrected chi connectivity index (χ3v) is 4.27. The van der Waals surface area contributed by atoms with Gasteiger partial charge in [-0.15, -0.1) is 0 Å². The quantitative estimate of drug-likeness (QED) is 0.706. The first-order valence-corrected chi connectivity index (χ1v) is 8.78. The lowest BCUT2D eigenvalue weighted by molar-refractivity contribution is 0.209. The van der Waals surface area contributed by atoms with E-state index in [1.807, 2.05) is 72.5 Å². The molecular weight excluding hydrogens is 322 g/mol. The van der Waals surface area contributed by atoms with Crippen molar-refractivity contribution in [1.82, 2.24) is 9.88 Å². The van der Waals surface area contributed by atoms with Gasteiger partial charge >= 0.3 is 6.03 Å². The van der Waals surface area contributed by atoms with Gasteiger partial charge in [0.15, 0.2) is 0 Å². The second-order valence-corrected chi connectivity index (χ2v) is 6.22. The first-order valence-electron chi connectivity index (χ1n) is 8.78. The van der Waals surface area contributed by atoms with Crippen molar-refractivity contribution in [1.29, 1.82) is 0 Å². The number of pyridine rings is 1. The number of carbonyl (C=O) groups excluding carboxylic acids is 1. The van der Waals surface area contributed by atoms with Crippen LogP contribution in [0.25, 0.3) is 0 Å². The van der Waals surface area contributed by atoms with Crippen LogP contribution >= 0.6 is 0 Å². The van der Waals surface area contributed by atoms with Crippen molar-refractivity contribution in [3.63, 3.8) is 0 Å². The number of benzene rings is 2. The number of carbonyl (C=O) groups is 1. The molecule has 2 amide bonds. The highest BCUT2D eigenvalue weighted by atomic mass is 16.2. The van der Waals surface area contributed by atoms with Gasteiger partial charge in [0.05, 0.1) is 12.2 Å². The van der Waals surface area contributed by atoms with Crippen molar-refractivity contribution < 1.29 is 4.79 Å². The Morgan fingerprint density at radius 2 is 1.69 bits per heavy atom. The topological polar surface area (TPSA) is 45.2 Å². The van der Waals surface area contributed by atoms with E-state index in [0.717, 1.165) is 23.4 Å². The van der Waals surface area contributed by atoms with E-state index >= 15 is 0 Å². The number of aryl methyl sites for hydroxylation is 1. The summed E-state index contributed by atoms with van der Waals surface area (Å²) in [4.78, 5) is 19.0. The molecule has 2 aromatic carbocycles. The Bertz CT molecular complexity index is 834. The zero-order chi connectivity index (χ0) is 18.2. The van der Waals surface area contributed by atoms with Gasteiger partial charge in [0.2, 0.25) is 0 Å². The maximum absolute atomic E-state index is 12.9. The van der Waals surface area contributed by atoms with Crippen molar-refractivity contribution in [3.8, 4) is 0 Å². The zero-order valence-corrected chi connectivity index (χ0v) is 14.9. The van der Waals surface area contributed by atoms with Crippen LogP contribution in [0.2, 0.25) is 0 Å². The molecule has 0 bridgehead atoms. The van der Waals surface area contributed by atoms with Crippen LogP contribution in [-0.2, 0) is 13.0 Å². The van der Waals surface area contributed by atoms with Crippen LogP contribution in [0.5, 0.6) is 0 Å². The average Bonchev–Trinajstić information content (AvgIpc) is 2.68. The molecule has 3 aromatic rings. The minimum absolute atomic E-state index is 0.110. The number of hydrogen-bond acceptors (Lipinski definition) is 2. The molecule has 3 rings (SSSR count). The lowest BCUT2D eigenvalue weighted by Gasteiger charge is -2.23. The number of urea groups is 1. The van der Waals surface area contributed by atoms with Crippen LogP contribution in [0, 0.1) is 6.92 Å². The molecule has 0 aliphatic carbocycles. The highest BCUT2D eigenvalue weighted by Crippen LogP contribution is 2.15. The van der Waals surface area contributed by atoms with E-state index in [9.17, 15) is 4.79 Å². The van der Waals surface area contributed by atoms with Crippen molar-refractivity contribution in [2.45, 2.75) is 19.9 Å². The third kappa shape index (κ3) is 4.93. The Labute approximate surface area is 154 Å². The van der Waals surface area contributed by atoms with E-state index in [1.54, 1.807) is 6.20 Å². The molecule has 0 radical (unpaired) electrons. The first-order chi connectivity index (χ1) is 12.7. The van der Waals surface area contributed by atoms with Crippen LogP contribution < -0.4 is 5.32 Å². The predicted molar refractivity (Wildman–Crippen MR) is 105 cm³/mol. The molecule has 4 heteroatoms. The minimum Gasteiger partial charge on any atom is -0.318 e. The molecule has 0 aliphatic heterocycles. The van der Waals surface area contributed by atoms with E-state index in [-0.39, 0.29) is 6.03 Å². The Kier molecular flexibility index (Phi) is 5.99. The second-order valence-electron chi connectivity index (χ2n) is 6.22. The number of rotatable bonds is 6. The Hall–Kier alpha value is -3.14. The molecule has 0 atom stereocenters. The summed E-state index contributed by atoms with van der Waals surface area (Å²) in [5.74, 6) is 0. The van der Waals surface area contributed by atoms with E-state index in [4.69, 9.17) is 0 Å². The molecule has 132 valence electrons. The van der Waals surface area contributed by atoms with Gasteiger partial charge < -0.3 is 10.2 Å². The summed E-state index contributed by atoms with van der Waals surface area (Å²) >= 11 is 0. The van der Waals surface area contributed by atoms with Gasteiger partial charge in [0, 0.05) is 18.4 Å². The van der Waals surface area contributed by atoms with Gasteiger partial charge in [-0.25, -0.2) is 4.79 Å². The summed E-state index contributed by atoms with van der Waals surface area (Å²) in [6, 6.07) is 23.7. The van der Waals surface area contributed by atoms with Crippen LogP contribution in [0.3, 0.4) is 0 Å². The fourth-order valence-electron chi connectivity index (χ4n) is 2.76. The van der Waals surface area contributed by atoms with Gasteiger partial charge in [-0.05, 0) is 42.7 Å². The molecule has 0 saturated heterocycles. The van der Waals surface area contributed by atoms with Gasteiger partial charge in [-0.1, -0.05) is 54.6 Å². The maximum Gasteiger partial charge on any atom is 0.322 e. The molecule has 0 aliphatic rings. The molecule has 0 saturated carbocycles. The second kappa shape index (κ2) is 8.81. The summed E-state index contributed by atoms with van der Waals surface area (Å²) in [7, 11) is 0. The summed E-state index contributed by atoms with van der Waals surface area (Å²) in [6.07, 6.45) is 2.55.